The Hall–Kier alpha value is -3.08. The maximum absolute atomic E-state index is 13.4. The molecular weight excluding hydrogens is 458 g/mol. The summed E-state index contributed by atoms with van der Waals surface area (Å²) in [7, 11) is -3.71. The van der Waals surface area contributed by atoms with Crippen molar-refractivity contribution in [1.29, 1.82) is 0 Å². The SMILES string of the molecule is C=c1cc[nH]/c1=C/C=C\CS(=O)(=O)NC(CCc1ccccc1C#CC)C(=O)N1CCC(C)CC1. The molecule has 0 spiro atoms. The van der Waals surface area contributed by atoms with Crippen molar-refractivity contribution in [2.45, 2.75) is 45.6 Å². The minimum absolute atomic E-state index is 0.150. The Labute approximate surface area is 208 Å². The molecule has 186 valence electrons. The van der Waals surface area contributed by atoms with Gasteiger partial charge in [-0.25, -0.2) is 13.1 Å². The Morgan fingerprint density at radius 3 is 2.71 bits per heavy atom. The second-order valence-corrected chi connectivity index (χ2v) is 10.8. The molecule has 7 heteroatoms. The molecule has 2 heterocycles. The molecule has 6 nitrogen and oxygen atoms in total. The summed E-state index contributed by atoms with van der Waals surface area (Å²) in [6.45, 7) is 9.19. The van der Waals surface area contributed by atoms with E-state index in [1.54, 1.807) is 36.2 Å². The Balaban J connectivity index is 1.73. The fraction of sp³-hybridized carbons (Fsp3) is 0.393. The Bertz CT molecular complexity index is 1310. The summed E-state index contributed by atoms with van der Waals surface area (Å²) in [5, 5.41) is 1.66. The summed E-state index contributed by atoms with van der Waals surface area (Å²) >= 11 is 0. The number of benzene rings is 1. The van der Waals surface area contributed by atoms with Gasteiger partial charge < -0.3 is 9.88 Å². The zero-order chi connectivity index (χ0) is 25.3. The van der Waals surface area contributed by atoms with E-state index in [9.17, 15) is 13.2 Å². The number of likely N-dealkylation sites (tertiary alicyclic amines) is 1. The summed E-state index contributed by atoms with van der Waals surface area (Å²) in [4.78, 5) is 18.2. The fourth-order valence-corrected chi connectivity index (χ4v) is 5.27. The van der Waals surface area contributed by atoms with Gasteiger partial charge in [0.15, 0.2) is 0 Å². The molecule has 1 saturated heterocycles. The zero-order valence-corrected chi connectivity index (χ0v) is 21.4. The second-order valence-electron chi connectivity index (χ2n) is 9.04. The van der Waals surface area contributed by atoms with Gasteiger partial charge in [-0.3, -0.25) is 4.79 Å². The van der Waals surface area contributed by atoms with Crippen molar-refractivity contribution in [3.8, 4) is 11.8 Å². The molecule has 1 aliphatic heterocycles. The summed E-state index contributed by atoms with van der Waals surface area (Å²) in [5.74, 6) is 6.22. The van der Waals surface area contributed by atoms with E-state index in [4.69, 9.17) is 0 Å². The van der Waals surface area contributed by atoms with Crippen molar-refractivity contribution in [2.75, 3.05) is 18.8 Å². The average molecular weight is 494 g/mol. The zero-order valence-electron chi connectivity index (χ0n) is 20.6. The predicted molar refractivity (Wildman–Crippen MR) is 142 cm³/mol. The van der Waals surface area contributed by atoms with Gasteiger partial charge >= 0.3 is 0 Å². The maximum Gasteiger partial charge on any atom is 0.240 e. The van der Waals surface area contributed by atoms with Crippen LogP contribution in [0.2, 0.25) is 0 Å². The lowest BCUT2D eigenvalue weighted by Gasteiger charge is -2.33. The van der Waals surface area contributed by atoms with Crippen LogP contribution >= 0.6 is 0 Å². The smallest absolute Gasteiger partial charge is 0.240 e. The van der Waals surface area contributed by atoms with Crippen molar-refractivity contribution in [3.05, 3.63) is 70.4 Å². The van der Waals surface area contributed by atoms with Gasteiger partial charge in [-0.05, 0) is 67.5 Å². The van der Waals surface area contributed by atoms with E-state index in [0.717, 1.165) is 34.5 Å². The van der Waals surface area contributed by atoms with Crippen molar-refractivity contribution in [2.24, 2.45) is 5.92 Å². The molecule has 1 aromatic carbocycles. The molecule has 0 saturated carbocycles. The lowest BCUT2D eigenvalue weighted by Crippen LogP contribution is -2.51. The van der Waals surface area contributed by atoms with Crippen molar-refractivity contribution >= 4 is 28.6 Å². The lowest BCUT2D eigenvalue weighted by molar-refractivity contribution is -0.134. The molecule has 0 bridgehead atoms. The topological polar surface area (TPSA) is 82.3 Å². The molecule has 1 amide bonds. The van der Waals surface area contributed by atoms with Gasteiger partial charge in [0, 0.05) is 30.2 Å². The third-order valence-electron chi connectivity index (χ3n) is 6.28. The molecule has 2 N–H and O–H groups in total. The van der Waals surface area contributed by atoms with E-state index in [2.05, 4.69) is 35.0 Å². The highest BCUT2D eigenvalue weighted by atomic mass is 32.2. The van der Waals surface area contributed by atoms with E-state index < -0.39 is 16.1 Å². The number of piperidine rings is 1. The number of aromatic nitrogens is 1. The van der Waals surface area contributed by atoms with Gasteiger partial charge in [-0.15, -0.1) is 5.92 Å². The van der Waals surface area contributed by atoms with E-state index >= 15 is 0 Å². The van der Waals surface area contributed by atoms with E-state index in [1.165, 1.54) is 0 Å². The highest BCUT2D eigenvalue weighted by Gasteiger charge is 2.30. The molecule has 35 heavy (non-hydrogen) atoms. The number of sulfonamides is 1. The number of rotatable bonds is 9. The van der Waals surface area contributed by atoms with Gasteiger partial charge in [0.25, 0.3) is 0 Å². The first kappa shape index (κ1) is 26.5. The first-order valence-corrected chi connectivity index (χ1v) is 13.7. The molecule has 0 aliphatic carbocycles. The van der Waals surface area contributed by atoms with Crippen LogP contribution in [-0.2, 0) is 21.2 Å². The monoisotopic (exact) mass is 493 g/mol. The van der Waals surface area contributed by atoms with Crippen LogP contribution in [0, 0.1) is 17.8 Å². The minimum Gasteiger partial charge on any atom is -0.361 e. The van der Waals surface area contributed by atoms with Gasteiger partial charge in [0.2, 0.25) is 15.9 Å². The highest BCUT2D eigenvalue weighted by Crippen LogP contribution is 2.19. The Morgan fingerprint density at radius 1 is 1.29 bits per heavy atom. The van der Waals surface area contributed by atoms with Crippen LogP contribution in [-0.4, -0.2) is 49.1 Å². The number of nitrogens with one attached hydrogen (secondary N) is 2. The van der Waals surface area contributed by atoms with Gasteiger partial charge in [-0.1, -0.05) is 49.8 Å². The average Bonchev–Trinajstić information content (AvgIpc) is 3.25. The summed E-state index contributed by atoms with van der Waals surface area (Å²) in [5.41, 5.74) is 1.92. The number of hydrogen-bond acceptors (Lipinski definition) is 3. The fourth-order valence-electron chi connectivity index (χ4n) is 4.16. The van der Waals surface area contributed by atoms with Crippen molar-refractivity contribution < 1.29 is 13.2 Å². The third kappa shape index (κ3) is 7.98. The number of carbonyl (C=O) groups excluding carboxylic acids is 1. The van der Waals surface area contributed by atoms with Crippen LogP contribution in [0.1, 0.15) is 44.2 Å². The number of nitrogens with zero attached hydrogens (tertiary/aromatic N) is 1. The molecule has 1 unspecified atom stereocenters. The van der Waals surface area contributed by atoms with E-state index in [0.29, 0.717) is 31.8 Å². The quantitative estimate of drug-likeness (QED) is 0.526. The lowest BCUT2D eigenvalue weighted by atomic mass is 9.97. The largest absolute Gasteiger partial charge is 0.361 e. The molecule has 1 aromatic heterocycles. The third-order valence-corrected chi connectivity index (χ3v) is 7.55. The minimum atomic E-state index is -3.71. The summed E-state index contributed by atoms with van der Waals surface area (Å²) in [6, 6.07) is 8.82. The van der Waals surface area contributed by atoms with Crippen LogP contribution in [0.15, 0.2) is 48.7 Å². The van der Waals surface area contributed by atoms with Crippen LogP contribution in [0.5, 0.6) is 0 Å². The number of amides is 1. The summed E-state index contributed by atoms with van der Waals surface area (Å²) < 4.78 is 28.5. The molecule has 1 aliphatic rings. The number of H-pyrrole nitrogens is 1. The molecule has 0 radical (unpaired) electrons. The number of hydrogen-bond donors (Lipinski definition) is 2. The summed E-state index contributed by atoms with van der Waals surface area (Å²) in [6.07, 6.45) is 9.61. The van der Waals surface area contributed by atoms with Crippen LogP contribution < -0.4 is 15.3 Å². The predicted octanol–water partition coefficient (Wildman–Crippen LogP) is 2.31. The highest BCUT2D eigenvalue weighted by molar-refractivity contribution is 7.89. The van der Waals surface area contributed by atoms with Crippen LogP contribution in [0.25, 0.3) is 12.7 Å². The standard InChI is InChI=1S/C28H35N3O3S/c1-4-9-24-10-5-6-11-25(24)13-14-27(28(32)31-19-16-22(2)17-20-31)30-35(33,34)21-8-7-12-26-23(3)15-18-29-26/h5-8,10-12,15,18,22,27,29-30H,3,13-14,16-17,19-21H2,1-2H3/b8-7-,26-12+. The molecule has 1 fully saturated rings. The molecular formula is C28H35N3O3S. The Morgan fingerprint density at radius 2 is 2.03 bits per heavy atom. The normalized spacial score (nSPS) is 16.3. The van der Waals surface area contributed by atoms with E-state index in [-0.39, 0.29) is 11.7 Å². The number of aromatic amines is 1. The van der Waals surface area contributed by atoms with Crippen molar-refractivity contribution in [3.63, 3.8) is 0 Å². The van der Waals surface area contributed by atoms with Crippen LogP contribution in [0.3, 0.4) is 0 Å². The van der Waals surface area contributed by atoms with Gasteiger partial charge in [0.1, 0.15) is 6.04 Å². The first-order chi connectivity index (χ1) is 16.8. The first-order valence-electron chi connectivity index (χ1n) is 12.1. The maximum atomic E-state index is 13.4. The van der Waals surface area contributed by atoms with Crippen molar-refractivity contribution in [1.82, 2.24) is 14.6 Å². The van der Waals surface area contributed by atoms with Crippen LogP contribution in [0.4, 0.5) is 0 Å². The second kappa shape index (κ2) is 12.6. The van der Waals surface area contributed by atoms with Gasteiger partial charge in [-0.2, -0.15) is 0 Å². The molecule has 1 atom stereocenters. The molecule has 3 rings (SSSR count). The van der Waals surface area contributed by atoms with Gasteiger partial charge in [0.05, 0.1) is 5.75 Å². The van der Waals surface area contributed by atoms with E-state index in [1.807, 2.05) is 30.3 Å². The number of carbonyl (C=O) groups is 1. The number of allylic oxidation sites excluding steroid dienone is 1. The number of aryl methyl sites for hydroxylation is 1. The Kier molecular flexibility index (Phi) is 9.53. The molecule has 2 aromatic rings.